The van der Waals surface area contributed by atoms with Crippen molar-refractivity contribution in [3.05, 3.63) is 47.5 Å². The lowest BCUT2D eigenvalue weighted by molar-refractivity contribution is -0.119. The van der Waals surface area contributed by atoms with E-state index < -0.39 is 5.41 Å². The van der Waals surface area contributed by atoms with Gasteiger partial charge in [-0.3, -0.25) is 4.79 Å². The molecule has 1 nitrogen and oxygen atoms in total. The van der Waals surface area contributed by atoms with Crippen LogP contribution in [0.4, 0.5) is 0 Å². The summed E-state index contributed by atoms with van der Waals surface area (Å²) in [5.41, 5.74) is 0.388. The maximum atomic E-state index is 11.5. The Bertz CT molecular complexity index is 386. The summed E-state index contributed by atoms with van der Waals surface area (Å²) < 4.78 is 0. The Morgan fingerprint density at radius 1 is 1.31 bits per heavy atom. The molecular formula is C13H14Cl2O. The molecule has 16 heavy (non-hydrogen) atoms. The van der Waals surface area contributed by atoms with Crippen LogP contribution in [0.1, 0.15) is 18.9 Å². The lowest BCUT2D eigenvalue weighted by atomic mass is 9.82. The Morgan fingerprint density at radius 2 is 1.88 bits per heavy atom. The number of hydrogen-bond acceptors (Lipinski definition) is 1. The Kier molecular flexibility index (Phi) is 4.57. The zero-order valence-corrected chi connectivity index (χ0v) is 10.7. The van der Waals surface area contributed by atoms with Gasteiger partial charge in [0.25, 0.3) is 0 Å². The first kappa shape index (κ1) is 13.3. The third kappa shape index (κ3) is 3.66. The van der Waals surface area contributed by atoms with E-state index in [1.807, 2.05) is 37.3 Å². The highest BCUT2D eigenvalue weighted by Gasteiger charge is 2.32. The number of carbonyl (C=O) groups excluding carboxylic acids is 1. The van der Waals surface area contributed by atoms with Crippen LogP contribution in [0.5, 0.6) is 0 Å². The summed E-state index contributed by atoms with van der Waals surface area (Å²) in [6, 6.07) is 9.74. The van der Waals surface area contributed by atoms with E-state index in [1.165, 1.54) is 0 Å². The standard InChI is InChI=1S/C13H14Cl2O/c1-10(14)8-13(2,12(15)16)9-11-6-4-3-5-7-11/h3-7H,1,8-9H2,2H3/t13-/m0/s1. The van der Waals surface area contributed by atoms with Crippen molar-refractivity contribution in [3.63, 3.8) is 0 Å². The molecule has 0 aliphatic rings. The largest absolute Gasteiger partial charge is 0.281 e. The summed E-state index contributed by atoms with van der Waals surface area (Å²) in [5, 5.41) is 0.0746. The van der Waals surface area contributed by atoms with Gasteiger partial charge in [0, 0.05) is 5.03 Å². The lowest BCUT2D eigenvalue weighted by Gasteiger charge is -2.24. The van der Waals surface area contributed by atoms with Crippen molar-refractivity contribution < 1.29 is 4.79 Å². The minimum Gasteiger partial charge on any atom is -0.281 e. The highest BCUT2D eigenvalue weighted by atomic mass is 35.5. The third-order valence-corrected chi connectivity index (χ3v) is 3.08. The zero-order chi connectivity index (χ0) is 12.2. The van der Waals surface area contributed by atoms with Crippen molar-refractivity contribution in [2.75, 3.05) is 0 Å². The van der Waals surface area contributed by atoms with E-state index in [-0.39, 0.29) is 5.24 Å². The van der Waals surface area contributed by atoms with Crippen molar-refractivity contribution in [1.82, 2.24) is 0 Å². The van der Waals surface area contributed by atoms with Crippen molar-refractivity contribution in [2.24, 2.45) is 5.41 Å². The smallest absolute Gasteiger partial charge is 0.228 e. The molecule has 86 valence electrons. The molecule has 0 unspecified atom stereocenters. The summed E-state index contributed by atoms with van der Waals surface area (Å²) >= 11 is 11.4. The molecule has 0 aliphatic heterocycles. The third-order valence-electron chi connectivity index (χ3n) is 2.49. The predicted molar refractivity (Wildman–Crippen MR) is 68.7 cm³/mol. The Balaban J connectivity index is 2.87. The topological polar surface area (TPSA) is 17.1 Å². The highest BCUT2D eigenvalue weighted by Crippen LogP contribution is 2.33. The van der Waals surface area contributed by atoms with Gasteiger partial charge in [-0.15, -0.1) is 0 Å². The van der Waals surface area contributed by atoms with Crippen LogP contribution in [0.15, 0.2) is 41.9 Å². The van der Waals surface area contributed by atoms with Crippen LogP contribution in [-0.2, 0) is 11.2 Å². The van der Waals surface area contributed by atoms with E-state index >= 15 is 0 Å². The number of hydrogen-bond donors (Lipinski definition) is 0. The summed E-state index contributed by atoms with van der Waals surface area (Å²) in [6.07, 6.45) is 0.966. The van der Waals surface area contributed by atoms with E-state index in [0.29, 0.717) is 17.9 Å². The van der Waals surface area contributed by atoms with Crippen molar-refractivity contribution in [3.8, 4) is 0 Å². The number of halogens is 2. The fourth-order valence-electron chi connectivity index (χ4n) is 1.67. The summed E-state index contributed by atoms with van der Waals surface area (Å²) in [4.78, 5) is 11.5. The number of benzene rings is 1. The van der Waals surface area contributed by atoms with Gasteiger partial charge >= 0.3 is 0 Å². The van der Waals surface area contributed by atoms with Crippen molar-refractivity contribution in [2.45, 2.75) is 19.8 Å². The zero-order valence-electron chi connectivity index (χ0n) is 9.17. The summed E-state index contributed by atoms with van der Waals surface area (Å²) in [5.74, 6) is 0. The van der Waals surface area contributed by atoms with Crippen LogP contribution < -0.4 is 0 Å². The minimum absolute atomic E-state index is 0.377. The average Bonchev–Trinajstić information content (AvgIpc) is 2.17. The molecule has 0 fully saturated rings. The van der Waals surface area contributed by atoms with Gasteiger partial charge in [0.05, 0.1) is 5.41 Å². The SMILES string of the molecule is C=C(Cl)C[C@@](C)(Cc1ccccc1)C(=O)Cl. The molecule has 0 saturated heterocycles. The van der Waals surface area contributed by atoms with Crippen LogP contribution >= 0.6 is 23.2 Å². The fraction of sp³-hybridized carbons (Fsp3) is 0.308. The van der Waals surface area contributed by atoms with Crippen LogP contribution in [0.25, 0.3) is 0 Å². The van der Waals surface area contributed by atoms with Gasteiger partial charge in [0.2, 0.25) is 5.24 Å². The van der Waals surface area contributed by atoms with Gasteiger partial charge in [0.15, 0.2) is 0 Å². The first-order valence-corrected chi connectivity index (χ1v) is 5.77. The second-order valence-electron chi connectivity index (χ2n) is 4.19. The van der Waals surface area contributed by atoms with E-state index in [2.05, 4.69) is 6.58 Å². The summed E-state index contributed by atoms with van der Waals surface area (Å²) in [7, 11) is 0. The number of rotatable bonds is 5. The molecule has 0 amide bonds. The molecule has 1 rings (SSSR count). The maximum absolute atomic E-state index is 11.5. The summed E-state index contributed by atoms with van der Waals surface area (Å²) in [6.45, 7) is 5.43. The second kappa shape index (κ2) is 5.51. The van der Waals surface area contributed by atoms with Gasteiger partial charge in [-0.25, -0.2) is 0 Å². The van der Waals surface area contributed by atoms with Gasteiger partial charge in [0.1, 0.15) is 0 Å². The fourth-order valence-corrected chi connectivity index (χ4v) is 2.10. The second-order valence-corrected chi connectivity index (χ2v) is 5.07. The van der Waals surface area contributed by atoms with Gasteiger partial charge in [-0.2, -0.15) is 0 Å². The van der Waals surface area contributed by atoms with E-state index in [9.17, 15) is 4.79 Å². The average molecular weight is 257 g/mol. The molecule has 0 saturated carbocycles. The molecule has 0 heterocycles. The van der Waals surface area contributed by atoms with Gasteiger partial charge in [-0.05, 0) is 30.0 Å². The number of allylic oxidation sites excluding steroid dienone is 1. The van der Waals surface area contributed by atoms with E-state index in [4.69, 9.17) is 23.2 Å². The van der Waals surface area contributed by atoms with Crippen LogP contribution in [0.3, 0.4) is 0 Å². The lowest BCUT2D eigenvalue weighted by Crippen LogP contribution is -2.26. The van der Waals surface area contributed by atoms with Crippen molar-refractivity contribution in [1.29, 1.82) is 0 Å². The van der Waals surface area contributed by atoms with Crippen LogP contribution in [0, 0.1) is 5.41 Å². The van der Waals surface area contributed by atoms with Crippen molar-refractivity contribution >= 4 is 28.4 Å². The molecule has 0 spiro atoms. The van der Waals surface area contributed by atoms with Crippen LogP contribution in [-0.4, -0.2) is 5.24 Å². The molecular weight excluding hydrogens is 243 g/mol. The number of carbonyl (C=O) groups is 1. The first-order chi connectivity index (χ1) is 7.44. The Hall–Kier alpha value is -0.790. The molecule has 3 heteroatoms. The molecule has 0 aliphatic carbocycles. The quantitative estimate of drug-likeness (QED) is 0.724. The van der Waals surface area contributed by atoms with Gasteiger partial charge < -0.3 is 0 Å². The normalized spacial score (nSPS) is 14.2. The Labute approximate surface area is 106 Å². The maximum Gasteiger partial charge on any atom is 0.228 e. The predicted octanol–water partition coefficient (Wildman–Crippen LogP) is 4.14. The molecule has 1 aromatic carbocycles. The molecule has 1 aromatic rings. The molecule has 0 N–H and O–H groups in total. The minimum atomic E-state index is -0.679. The van der Waals surface area contributed by atoms with Gasteiger partial charge in [-0.1, -0.05) is 55.4 Å². The first-order valence-electron chi connectivity index (χ1n) is 5.01. The molecule has 1 atom stereocenters. The molecule has 0 radical (unpaired) electrons. The Morgan fingerprint density at radius 3 is 2.31 bits per heavy atom. The van der Waals surface area contributed by atoms with E-state index in [0.717, 1.165) is 5.56 Å². The van der Waals surface area contributed by atoms with Crippen LogP contribution in [0.2, 0.25) is 0 Å². The van der Waals surface area contributed by atoms with E-state index in [1.54, 1.807) is 0 Å². The highest BCUT2D eigenvalue weighted by molar-refractivity contribution is 6.64. The monoisotopic (exact) mass is 256 g/mol. The molecule has 0 aromatic heterocycles. The molecule has 0 bridgehead atoms.